The van der Waals surface area contributed by atoms with E-state index in [0.717, 1.165) is 45.1 Å². The summed E-state index contributed by atoms with van der Waals surface area (Å²) < 4.78 is 5.83. The second kappa shape index (κ2) is 4.56. The average Bonchev–Trinajstić information content (AvgIpc) is 3.34. The Balaban J connectivity index is 1.57. The van der Waals surface area contributed by atoms with E-state index in [2.05, 4.69) is 6.92 Å². The molecule has 0 bridgehead atoms. The van der Waals surface area contributed by atoms with E-state index < -0.39 is 0 Å². The zero-order valence-corrected chi connectivity index (χ0v) is 14.0. The van der Waals surface area contributed by atoms with Crippen LogP contribution in [0.2, 0.25) is 0 Å². The van der Waals surface area contributed by atoms with Crippen LogP contribution >= 0.6 is 0 Å². The molecule has 0 aromatic carbocycles. The number of fused-ring (bicyclic) bond motifs is 5. The van der Waals surface area contributed by atoms with E-state index in [1.54, 1.807) is 0 Å². The van der Waals surface area contributed by atoms with Crippen molar-refractivity contribution in [3.05, 3.63) is 11.6 Å². The summed E-state index contributed by atoms with van der Waals surface area (Å²) in [5, 5.41) is 0. The Kier molecular flexibility index (Phi) is 2.85. The van der Waals surface area contributed by atoms with Gasteiger partial charge in [-0.1, -0.05) is 12.5 Å². The number of rotatable bonds is 1. The van der Waals surface area contributed by atoms with Crippen LogP contribution in [-0.4, -0.2) is 24.3 Å². The molecule has 4 fully saturated rings. The molecule has 0 radical (unpaired) electrons. The van der Waals surface area contributed by atoms with Crippen molar-refractivity contribution < 1.29 is 14.3 Å². The molecule has 1 aliphatic heterocycles. The molecule has 1 unspecified atom stereocenters. The lowest BCUT2D eigenvalue weighted by atomic mass is 9.46. The Morgan fingerprint density at radius 2 is 1.87 bits per heavy atom. The number of ketones is 2. The zero-order valence-electron chi connectivity index (χ0n) is 14.0. The Labute approximate surface area is 137 Å². The van der Waals surface area contributed by atoms with E-state index in [1.807, 2.05) is 6.08 Å². The van der Waals surface area contributed by atoms with Crippen LogP contribution < -0.4 is 0 Å². The van der Waals surface area contributed by atoms with Crippen LogP contribution in [0.25, 0.3) is 0 Å². The largest absolute Gasteiger partial charge is 0.372 e. The number of carbonyl (C=O) groups is 2. The van der Waals surface area contributed by atoms with Gasteiger partial charge < -0.3 is 4.74 Å². The molecular weight excluding hydrogens is 288 g/mol. The number of hydrogen-bond acceptors (Lipinski definition) is 3. The summed E-state index contributed by atoms with van der Waals surface area (Å²) in [6.45, 7) is 3.11. The number of hydrogen-bond donors (Lipinski definition) is 0. The maximum atomic E-state index is 12.5. The highest BCUT2D eigenvalue weighted by Gasteiger charge is 2.64. The fraction of sp³-hybridized carbons (Fsp3) is 0.800. The van der Waals surface area contributed by atoms with Crippen LogP contribution in [0.3, 0.4) is 0 Å². The highest BCUT2D eigenvalue weighted by molar-refractivity contribution is 5.92. The van der Waals surface area contributed by atoms with Gasteiger partial charge in [-0.05, 0) is 62.4 Å². The molecule has 4 aliphatic carbocycles. The molecule has 3 nitrogen and oxygen atoms in total. The predicted octanol–water partition coefficient (Wildman–Crippen LogP) is 3.47. The molecular formula is C20H26O3. The van der Waals surface area contributed by atoms with Crippen molar-refractivity contribution >= 4 is 11.6 Å². The normalized spacial score (nSPS) is 51.6. The first-order chi connectivity index (χ1) is 11.1. The van der Waals surface area contributed by atoms with Gasteiger partial charge >= 0.3 is 0 Å². The highest BCUT2D eigenvalue weighted by atomic mass is 16.6. The third kappa shape index (κ3) is 1.75. The van der Waals surface area contributed by atoms with E-state index in [1.165, 1.54) is 12.0 Å². The first-order valence-electron chi connectivity index (χ1n) is 9.44. The van der Waals surface area contributed by atoms with Gasteiger partial charge in [-0.3, -0.25) is 9.59 Å². The molecule has 0 aromatic heterocycles. The van der Waals surface area contributed by atoms with Crippen molar-refractivity contribution in [1.29, 1.82) is 0 Å². The fourth-order valence-electron chi connectivity index (χ4n) is 6.99. The molecule has 0 amide bonds. The summed E-state index contributed by atoms with van der Waals surface area (Å²) in [5.74, 6) is 2.69. The third-order valence-corrected chi connectivity index (χ3v) is 8.18. The Hall–Kier alpha value is -0.960. The van der Waals surface area contributed by atoms with Gasteiger partial charge in [0.1, 0.15) is 5.78 Å². The number of epoxide rings is 1. The van der Waals surface area contributed by atoms with E-state index in [4.69, 9.17) is 4.74 Å². The Bertz CT molecular complexity index is 616. The van der Waals surface area contributed by atoms with Gasteiger partial charge in [0.15, 0.2) is 5.78 Å². The van der Waals surface area contributed by atoms with Gasteiger partial charge in [0, 0.05) is 23.7 Å². The first kappa shape index (κ1) is 14.4. The van der Waals surface area contributed by atoms with Gasteiger partial charge in [-0.15, -0.1) is 0 Å². The minimum absolute atomic E-state index is 0.0571. The first-order valence-corrected chi connectivity index (χ1v) is 9.44. The molecule has 1 saturated heterocycles. The molecule has 5 aliphatic rings. The summed E-state index contributed by atoms with van der Waals surface area (Å²) in [7, 11) is 0. The summed E-state index contributed by atoms with van der Waals surface area (Å²) in [6.07, 6.45) is 10.3. The number of Topliss-reactive ketones (excluding diaryl/α,β-unsaturated/α-hetero) is 1. The minimum Gasteiger partial charge on any atom is -0.372 e. The van der Waals surface area contributed by atoms with Gasteiger partial charge in [0.25, 0.3) is 0 Å². The lowest BCUT2D eigenvalue weighted by Crippen LogP contribution is -2.53. The van der Waals surface area contributed by atoms with Crippen molar-refractivity contribution in [2.75, 3.05) is 6.61 Å². The van der Waals surface area contributed by atoms with Crippen LogP contribution in [0.15, 0.2) is 11.6 Å². The summed E-state index contributed by atoms with van der Waals surface area (Å²) in [4.78, 5) is 24.5. The molecule has 0 aromatic rings. The van der Waals surface area contributed by atoms with Gasteiger partial charge in [0.2, 0.25) is 0 Å². The topological polar surface area (TPSA) is 46.7 Å². The molecule has 1 heterocycles. The Morgan fingerprint density at radius 1 is 1.04 bits per heavy atom. The number of carbonyl (C=O) groups excluding carboxylic acids is 2. The smallest absolute Gasteiger partial charge is 0.155 e. The van der Waals surface area contributed by atoms with E-state index in [-0.39, 0.29) is 10.8 Å². The van der Waals surface area contributed by atoms with Crippen molar-refractivity contribution in [1.82, 2.24) is 0 Å². The van der Waals surface area contributed by atoms with E-state index in [9.17, 15) is 9.59 Å². The fourth-order valence-corrected chi connectivity index (χ4v) is 6.99. The molecule has 0 N–H and O–H groups in total. The molecule has 124 valence electrons. The highest BCUT2D eigenvalue weighted by Crippen LogP contribution is 2.66. The van der Waals surface area contributed by atoms with Gasteiger partial charge in [0.05, 0.1) is 12.7 Å². The van der Waals surface area contributed by atoms with Crippen molar-refractivity contribution in [3.63, 3.8) is 0 Å². The van der Waals surface area contributed by atoms with Crippen molar-refractivity contribution in [2.24, 2.45) is 28.6 Å². The maximum Gasteiger partial charge on any atom is 0.155 e. The lowest BCUT2D eigenvalue weighted by molar-refractivity contribution is -0.133. The minimum atomic E-state index is -0.0571. The third-order valence-electron chi connectivity index (χ3n) is 8.18. The second-order valence-corrected chi connectivity index (χ2v) is 8.83. The SMILES string of the molecule is C[C@]12CC[C@H]3[C@@H](CCC4=CC(=O)CC[C@@]43C3CO3)[C@@H]1CCC2=O. The quantitative estimate of drug-likeness (QED) is 0.696. The van der Waals surface area contributed by atoms with Crippen LogP contribution in [0, 0.1) is 28.6 Å². The van der Waals surface area contributed by atoms with Crippen LogP contribution in [-0.2, 0) is 14.3 Å². The van der Waals surface area contributed by atoms with Crippen LogP contribution in [0.1, 0.15) is 58.3 Å². The van der Waals surface area contributed by atoms with Crippen molar-refractivity contribution in [2.45, 2.75) is 64.4 Å². The van der Waals surface area contributed by atoms with Crippen LogP contribution in [0.5, 0.6) is 0 Å². The molecule has 5 rings (SSSR count). The number of ether oxygens (including phenoxy) is 1. The van der Waals surface area contributed by atoms with E-state index in [0.29, 0.717) is 41.8 Å². The van der Waals surface area contributed by atoms with Crippen LogP contribution in [0.4, 0.5) is 0 Å². The Morgan fingerprint density at radius 3 is 2.65 bits per heavy atom. The lowest BCUT2D eigenvalue weighted by Gasteiger charge is -2.57. The molecule has 3 saturated carbocycles. The van der Waals surface area contributed by atoms with Gasteiger partial charge in [-0.25, -0.2) is 0 Å². The monoisotopic (exact) mass is 314 g/mol. The molecule has 23 heavy (non-hydrogen) atoms. The zero-order chi connectivity index (χ0) is 15.8. The average molecular weight is 314 g/mol. The molecule has 3 heteroatoms. The summed E-state index contributed by atoms with van der Waals surface area (Å²) >= 11 is 0. The summed E-state index contributed by atoms with van der Waals surface area (Å²) in [5.41, 5.74) is 1.47. The maximum absolute atomic E-state index is 12.5. The summed E-state index contributed by atoms with van der Waals surface area (Å²) in [6, 6.07) is 0. The van der Waals surface area contributed by atoms with E-state index >= 15 is 0 Å². The van der Waals surface area contributed by atoms with Gasteiger partial charge in [-0.2, -0.15) is 0 Å². The second-order valence-electron chi connectivity index (χ2n) is 8.83. The van der Waals surface area contributed by atoms with Crippen molar-refractivity contribution in [3.8, 4) is 0 Å². The predicted molar refractivity (Wildman–Crippen MR) is 85.8 cm³/mol. The molecule has 6 atom stereocenters. The standard InChI is InChI=1S/C20H26O3/c1-19-8-7-16-14(15(19)4-5-17(19)22)3-2-12-10-13(21)6-9-20(12,16)18-11-23-18/h10,14-16,18H,2-9,11H2,1H3/t14-,15-,16-,18?,19-,20+/m0/s1. The molecule has 0 spiro atoms.